The molecule has 1 unspecified atom stereocenters. The van der Waals surface area contributed by atoms with Gasteiger partial charge in [-0.2, -0.15) is 5.10 Å². The van der Waals surface area contributed by atoms with Gasteiger partial charge in [-0.15, -0.1) is 12.4 Å². The molecule has 0 aliphatic rings. The van der Waals surface area contributed by atoms with Gasteiger partial charge in [0.15, 0.2) is 0 Å². The highest BCUT2D eigenvalue weighted by Gasteiger charge is 2.20. The molecule has 1 aromatic carbocycles. The second kappa shape index (κ2) is 9.33. The van der Waals surface area contributed by atoms with Gasteiger partial charge in [-0.3, -0.25) is 9.48 Å². The second-order valence-electron chi connectivity index (χ2n) is 5.34. The normalized spacial score (nSPS) is 11.8. The first kappa shape index (κ1) is 20.9. The molecule has 2 rings (SSSR count). The molecule has 1 aromatic heterocycles. The van der Waals surface area contributed by atoms with Gasteiger partial charge in [-0.05, 0) is 25.6 Å². The lowest BCUT2D eigenvalue weighted by Crippen LogP contribution is -2.30. The Labute approximate surface area is 151 Å². The number of halogens is 3. The predicted molar refractivity (Wildman–Crippen MR) is 93.6 cm³/mol. The molecule has 1 heterocycles. The minimum absolute atomic E-state index is 0. The maximum atomic E-state index is 12.4. The van der Waals surface area contributed by atoms with Crippen LogP contribution in [0.15, 0.2) is 30.6 Å². The summed E-state index contributed by atoms with van der Waals surface area (Å²) in [7, 11) is 3.43. The fourth-order valence-corrected chi connectivity index (χ4v) is 2.24. The number of ether oxygens (including phenoxy) is 1. The summed E-state index contributed by atoms with van der Waals surface area (Å²) >= 11 is 0. The van der Waals surface area contributed by atoms with Crippen LogP contribution in [-0.4, -0.2) is 35.8 Å². The number of aromatic nitrogens is 2. The van der Waals surface area contributed by atoms with Gasteiger partial charge in [-0.1, -0.05) is 6.07 Å². The first-order valence-corrected chi connectivity index (χ1v) is 7.39. The van der Waals surface area contributed by atoms with E-state index < -0.39 is 19.1 Å². The Morgan fingerprint density at radius 3 is 2.68 bits per heavy atom. The number of rotatable bonds is 7. The number of nitrogens with one attached hydrogen (secondary N) is 2. The summed E-state index contributed by atoms with van der Waals surface area (Å²) in [6.07, 6.45) is 0.794. The number of hydrogen-bond donors (Lipinski definition) is 2. The van der Waals surface area contributed by atoms with Crippen molar-refractivity contribution in [3.63, 3.8) is 0 Å². The van der Waals surface area contributed by atoms with Crippen LogP contribution >= 0.6 is 12.4 Å². The summed E-state index contributed by atoms with van der Waals surface area (Å²) in [5, 5.41) is 9.72. The minimum atomic E-state index is -2.55. The standard InChI is InChI=1S/C16H20F2N4O2.ClH/c1-10-4-5-12(6-13(10)24-9-14(17)18)21-16(23)15(19-2)11-7-20-22(3)8-11;/h4-8,14-15,19H,9H2,1-3H3,(H,21,23);1H. The lowest BCUT2D eigenvalue weighted by atomic mass is 10.1. The van der Waals surface area contributed by atoms with Crippen LogP contribution in [0.2, 0.25) is 0 Å². The molecule has 6 nitrogen and oxygen atoms in total. The molecule has 0 aliphatic carbocycles. The Hall–Kier alpha value is -2.19. The van der Waals surface area contributed by atoms with Crippen LogP contribution < -0.4 is 15.4 Å². The number of aryl methyl sites for hydroxylation is 2. The first-order chi connectivity index (χ1) is 11.4. The van der Waals surface area contributed by atoms with E-state index in [2.05, 4.69) is 15.7 Å². The molecule has 2 aromatic rings. The van der Waals surface area contributed by atoms with Crippen molar-refractivity contribution in [3.05, 3.63) is 41.7 Å². The van der Waals surface area contributed by atoms with Gasteiger partial charge < -0.3 is 15.4 Å². The van der Waals surface area contributed by atoms with E-state index in [1.165, 1.54) is 6.07 Å². The molecule has 2 N–H and O–H groups in total. The SMILES string of the molecule is CNC(C(=O)Nc1ccc(C)c(OCC(F)F)c1)c1cnn(C)c1.Cl. The van der Waals surface area contributed by atoms with Gasteiger partial charge in [-0.25, -0.2) is 8.78 Å². The average Bonchev–Trinajstić information content (AvgIpc) is 2.94. The van der Waals surface area contributed by atoms with Crippen molar-refractivity contribution >= 4 is 24.0 Å². The number of hydrogen-bond acceptors (Lipinski definition) is 4. The van der Waals surface area contributed by atoms with E-state index in [0.717, 1.165) is 5.56 Å². The number of alkyl halides is 2. The Balaban J connectivity index is 0.00000312. The highest BCUT2D eigenvalue weighted by Crippen LogP contribution is 2.24. The third-order valence-corrected chi connectivity index (χ3v) is 3.43. The number of anilines is 1. The number of benzene rings is 1. The molecular weight excluding hydrogens is 354 g/mol. The number of nitrogens with zero attached hydrogens (tertiary/aromatic N) is 2. The number of carbonyl (C=O) groups is 1. The molecule has 138 valence electrons. The quantitative estimate of drug-likeness (QED) is 0.782. The molecule has 0 radical (unpaired) electrons. The van der Waals surface area contributed by atoms with Gasteiger partial charge in [0.1, 0.15) is 18.4 Å². The molecule has 0 aliphatic heterocycles. The second-order valence-corrected chi connectivity index (χ2v) is 5.34. The smallest absolute Gasteiger partial charge is 0.272 e. The van der Waals surface area contributed by atoms with Crippen molar-refractivity contribution in [3.8, 4) is 5.75 Å². The molecule has 0 bridgehead atoms. The average molecular weight is 375 g/mol. The van der Waals surface area contributed by atoms with Crippen molar-refractivity contribution in [1.29, 1.82) is 0 Å². The highest BCUT2D eigenvalue weighted by molar-refractivity contribution is 5.95. The van der Waals surface area contributed by atoms with E-state index in [1.807, 2.05) is 0 Å². The van der Waals surface area contributed by atoms with E-state index in [4.69, 9.17) is 4.74 Å². The van der Waals surface area contributed by atoms with Crippen LogP contribution in [0.4, 0.5) is 14.5 Å². The molecule has 0 saturated heterocycles. The Morgan fingerprint density at radius 2 is 2.12 bits per heavy atom. The molecule has 25 heavy (non-hydrogen) atoms. The van der Waals surface area contributed by atoms with Gasteiger partial charge in [0, 0.05) is 30.6 Å². The van der Waals surface area contributed by atoms with Crippen LogP contribution in [0, 0.1) is 6.92 Å². The summed E-state index contributed by atoms with van der Waals surface area (Å²) < 4.78 is 31.3. The molecule has 0 spiro atoms. The lowest BCUT2D eigenvalue weighted by molar-refractivity contribution is -0.118. The number of carbonyl (C=O) groups excluding carboxylic acids is 1. The largest absolute Gasteiger partial charge is 0.487 e. The maximum absolute atomic E-state index is 12.4. The van der Waals surface area contributed by atoms with Crippen molar-refractivity contribution in [2.75, 3.05) is 19.0 Å². The van der Waals surface area contributed by atoms with E-state index in [-0.39, 0.29) is 18.3 Å². The van der Waals surface area contributed by atoms with Crippen LogP contribution in [0.5, 0.6) is 5.75 Å². The Morgan fingerprint density at radius 1 is 1.40 bits per heavy atom. The zero-order valence-corrected chi connectivity index (χ0v) is 14.9. The van der Waals surface area contributed by atoms with E-state index in [1.54, 1.807) is 50.2 Å². The van der Waals surface area contributed by atoms with Crippen molar-refractivity contribution in [2.24, 2.45) is 7.05 Å². The van der Waals surface area contributed by atoms with E-state index in [0.29, 0.717) is 17.0 Å². The third kappa shape index (κ3) is 5.68. The molecule has 9 heteroatoms. The maximum Gasteiger partial charge on any atom is 0.272 e. The van der Waals surface area contributed by atoms with Crippen molar-refractivity contribution < 1.29 is 18.3 Å². The van der Waals surface area contributed by atoms with E-state index >= 15 is 0 Å². The summed E-state index contributed by atoms with van der Waals surface area (Å²) in [6, 6.07) is 4.35. The monoisotopic (exact) mass is 374 g/mol. The lowest BCUT2D eigenvalue weighted by Gasteiger charge is -2.16. The zero-order chi connectivity index (χ0) is 17.7. The van der Waals surface area contributed by atoms with Crippen LogP contribution in [-0.2, 0) is 11.8 Å². The third-order valence-electron chi connectivity index (χ3n) is 3.43. The summed E-state index contributed by atoms with van der Waals surface area (Å²) in [5.74, 6) is 0.0321. The van der Waals surface area contributed by atoms with Crippen molar-refractivity contribution in [2.45, 2.75) is 19.4 Å². The summed E-state index contributed by atoms with van der Waals surface area (Å²) in [4.78, 5) is 12.4. The summed E-state index contributed by atoms with van der Waals surface area (Å²) in [6.45, 7) is 1.06. The van der Waals surface area contributed by atoms with Gasteiger partial charge in [0.25, 0.3) is 6.43 Å². The van der Waals surface area contributed by atoms with Crippen molar-refractivity contribution in [1.82, 2.24) is 15.1 Å². The highest BCUT2D eigenvalue weighted by atomic mass is 35.5. The fraction of sp³-hybridized carbons (Fsp3) is 0.375. The molecule has 0 saturated carbocycles. The minimum Gasteiger partial charge on any atom is -0.487 e. The molecule has 1 atom stereocenters. The Bertz CT molecular complexity index is 709. The topological polar surface area (TPSA) is 68.2 Å². The fourth-order valence-electron chi connectivity index (χ4n) is 2.24. The zero-order valence-electron chi connectivity index (χ0n) is 14.1. The molecular formula is C16H21ClF2N4O2. The van der Waals surface area contributed by atoms with E-state index in [9.17, 15) is 13.6 Å². The first-order valence-electron chi connectivity index (χ1n) is 7.39. The number of likely N-dealkylation sites (N-methyl/N-ethyl adjacent to an activating group) is 1. The van der Waals surface area contributed by atoms with Crippen LogP contribution in [0.1, 0.15) is 17.2 Å². The molecule has 0 fully saturated rings. The summed E-state index contributed by atoms with van der Waals surface area (Å²) in [5.41, 5.74) is 1.91. The molecule has 1 amide bonds. The predicted octanol–water partition coefficient (Wildman–Crippen LogP) is 2.69. The van der Waals surface area contributed by atoms with Crippen LogP contribution in [0.25, 0.3) is 0 Å². The van der Waals surface area contributed by atoms with Gasteiger partial charge >= 0.3 is 0 Å². The number of amides is 1. The van der Waals surface area contributed by atoms with Gasteiger partial charge in [0.05, 0.1) is 6.20 Å². The van der Waals surface area contributed by atoms with Gasteiger partial charge in [0.2, 0.25) is 5.91 Å². The Kier molecular flexibility index (Phi) is 7.79. The van der Waals surface area contributed by atoms with Crippen LogP contribution in [0.3, 0.4) is 0 Å².